The number of alkyl halides is 3. The van der Waals surface area contributed by atoms with E-state index in [-0.39, 0.29) is 16.8 Å². The Hall–Kier alpha value is -1.58. The lowest BCUT2D eigenvalue weighted by molar-refractivity contribution is -0.143. The first-order valence-corrected chi connectivity index (χ1v) is 6.22. The number of rotatable bonds is 4. The fraction of sp³-hybridized carbons (Fsp3) is 0.556. The van der Waals surface area contributed by atoms with Crippen molar-refractivity contribution in [2.75, 3.05) is 0 Å². The molecule has 0 atom stereocenters. The minimum absolute atomic E-state index is 0.179. The SMILES string of the molecule is Cc1nc(CSc2nnc(C)o2)n(CC(F)(F)F)n1. The molecule has 0 aliphatic heterocycles. The van der Waals surface area contributed by atoms with Crippen LogP contribution in [0.25, 0.3) is 0 Å². The molecule has 19 heavy (non-hydrogen) atoms. The average Bonchev–Trinajstić information content (AvgIpc) is 2.80. The average molecular weight is 293 g/mol. The number of nitrogens with zero attached hydrogens (tertiary/aromatic N) is 5. The highest BCUT2D eigenvalue weighted by molar-refractivity contribution is 7.98. The zero-order valence-corrected chi connectivity index (χ0v) is 10.9. The van der Waals surface area contributed by atoms with E-state index < -0.39 is 12.7 Å². The molecule has 0 fully saturated rings. The van der Waals surface area contributed by atoms with Gasteiger partial charge in [0, 0.05) is 6.92 Å². The maximum Gasteiger partial charge on any atom is 0.408 e. The molecule has 2 heterocycles. The molecule has 0 unspecified atom stereocenters. The normalized spacial score (nSPS) is 12.1. The van der Waals surface area contributed by atoms with E-state index >= 15 is 0 Å². The van der Waals surface area contributed by atoms with E-state index in [1.165, 1.54) is 6.92 Å². The van der Waals surface area contributed by atoms with Gasteiger partial charge in [-0.1, -0.05) is 11.8 Å². The molecule has 0 aliphatic rings. The maximum atomic E-state index is 12.4. The Balaban J connectivity index is 2.07. The first-order valence-electron chi connectivity index (χ1n) is 5.23. The molecule has 104 valence electrons. The summed E-state index contributed by atoms with van der Waals surface area (Å²) in [6.45, 7) is 2.01. The van der Waals surface area contributed by atoms with Crippen LogP contribution in [0.1, 0.15) is 17.5 Å². The van der Waals surface area contributed by atoms with Gasteiger partial charge >= 0.3 is 6.18 Å². The summed E-state index contributed by atoms with van der Waals surface area (Å²) in [5.41, 5.74) is 0. The van der Waals surface area contributed by atoms with E-state index in [9.17, 15) is 13.2 Å². The van der Waals surface area contributed by atoms with Crippen LogP contribution in [0, 0.1) is 13.8 Å². The van der Waals surface area contributed by atoms with Crippen LogP contribution < -0.4 is 0 Å². The van der Waals surface area contributed by atoms with E-state index in [1.54, 1.807) is 6.92 Å². The molecule has 0 amide bonds. The summed E-state index contributed by atoms with van der Waals surface area (Å²) in [6.07, 6.45) is -4.33. The molecule has 0 radical (unpaired) electrons. The second kappa shape index (κ2) is 5.19. The van der Waals surface area contributed by atoms with Crippen LogP contribution in [0.5, 0.6) is 0 Å². The quantitative estimate of drug-likeness (QED) is 0.804. The van der Waals surface area contributed by atoms with Crippen molar-refractivity contribution in [1.82, 2.24) is 25.0 Å². The molecule has 2 rings (SSSR count). The maximum absolute atomic E-state index is 12.4. The van der Waals surface area contributed by atoms with Crippen molar-refractivity contribution in [3.8, 4) is 0 Å². The fourth-order valence-corrected chi connectivity index (χ4v) is 2.11. The summed E-state index contributed by atoms with van der Waals surface area (Å²) in [7, 11) is 0. The van der Waals surface area contributed by atoms with Crippen LogP contribution >= 0.6 is 11.8 Å². The Morgan fingerprint density at radius 3 is 2.58 bits per heavy atom. The summed E-state index contributed by atoms with van der Waals surface area (Å²) >= 11 is 1.12. The highest BCUT2D eigenvalue weighted by atomic mass is 32.2. The molecule has 6 nitrogen and oxygen atoms in total. The second-order valence-corrected chi connectivity index (χ2v) is 4.65. The van der Waals surface area contributed by atoms with E-state index in [2.05, 4.69) is 20.3 Å². The Bertz CT molecular complexity index is 564. The molecule has 0 bridgehead atoms. The summed E-state index contributed by atoms with van der Waals surface area (Å²) in [5.74, 6) is 1.09. The van der Waals surface area contributed by atoms with E-state index in [4.69, 9.17) is 4.42 Å². The first kappa shape index (κ1) is 13.8. The highest BCUT2D eigenvalue weighted by Crippen LogP contribution is 2.23. The molecule has 0 saturated heterocycles. The third kappa shape index (κ3) is 3.94. The monoisotopic (exact) mass is 293 g/mol. The highest BCUT2D eigenvalue weighted by Gasteiger charge is 2.30. The summed E-state index contributed by atoms with van der Waals surface area (Å²) in [5, 5.41) is 11.4. The van der Waals surface area contributed by atoms with E-state index in [0.717, 1.165) is 16.4 Å². The number of aromatic nitrogens is 5. The molecular weight excluding hydrogens is 283 g/mol. The molecule has 0 aromatic carbocycles. The van der Waals surface area contributed by atoms with Gasteiger partial charge in [-0.2, -0.15) is 18.3 Å². The smallest absolute Gasteiger partial charge is 0.408 e. The van der Waals surface area contributed by atoms with E-state index in [1.807, 2.05) is 0 Å². The van der Waals surface area contributed by atoms with Crippen LogP contribution in [0.15, 0.2) is 9.64 Å². The van der Waals surface area contributed by atoms with Crippen molar-refractivity contribution in [2.24, 2.45) is 0 Å². The van der Waals surface area contributed by atoms with Crippen molar-refractivity contribution in [1.29, 1.82) is 0 Å². The predicted molar refractivity (Wildman–Crippen MR) is 59.4 cm³/mol. The fourth-order valence-electron chi connectivity index (χ4n) is 1.37. The number of halogens is 3. The third-order valence-corrected chi connectivity index (χ3v) is 2.83. The minimum atomic E-state index is -4.33. The molecular formula is C9H10F3N5OS. The van der Waals surface area contributed by atoms with Gasteiger partial charge in [-0.05, 0) is 6.92 Å². The Morgan fingerprint density at radius 1 is 1.26 bits per heavy atom. The number of hydrogen-bond donors (Lipinski definition) is 0. The second-order valence-electron chi connectivity index (χ2n) is 3.72. The van der Waals surface area contributed by atoms with Crippen molar-refractivity contribution in [3.63, 3.8) is 0 Å². The first-order chi connectivity index (χ1) is 8.83. The molecule has 2 aromatic heterocycles. The lowest BCUT2D eigenvalue weighted by Gasteiger charge is -2.07. The summed E-state index contributed by atoms with van der Waals surface area (Å²) in [6, 6.07) is 0. The van der Waals surface area contributed by atoms with Gasteiger partial charge in [0.25, 0.3) is 5.22 Å². The van der Waals surface area contributed by atoms with Gasteiger partial charge in [0.1, 0.15) is 18.2 Å². The third-order valence-electron chi connectivity index (χ3n) is 2.02. The van der Waals surface area contributed by atoms with Crippen LogP contribution in [-0.4, -0.2) is 31.1 Å². The zero-order chi connectivity index (χ0) is 14.0. The number of hydrogen-bond acceptors (Lipinski definition) is 6. The van der Waals surface area contributed by atoms with Gasteiger partial charge < -0.3 is 4.42 Å². The molecule has 10 heteroatoms. The van der Waals surface area contributed by atoms with Crippen molar-refractivity contribution in [2.45, 2.75) is 37.5 Å². The molecule has 0 aliphatic carbocycles. The Labute approximate surface area is 110 Å². The van der Waals surface area contributed by atoms with Crippen molar-refractivity contribution < 1.29 is 17.6 Å². The van der Waals surface area contributed by atoms with Crippen LogP contribution in [0.4, 0.5) is 13.2 Å². The standard InChI is InChI=1S/C9H10F3N5OS/c1-5-13-7(17(16-5)4-9(10,11)12)3-19-8-15-14-6(2)18-8/h3-4H2,1-2H3. The van der Waals surface area contributed by atoms with Gasteiger partial charge in [0.05, 0.1) is 5.75 Å². The van der Waals surface area contributed by atoms with E-state index in [0.29, 0.717) is 11.7 Å². The van der Waals surface area contributed by atoms with Crippen LogP contribution in [0.3, 0.4) is 0 Å². The van der Waals surface area contributed by atoms with Crippen molar-refractivity contribution >= 4 is 11.8 Å². The van der Waals surface area contributed by atoms with Crippen LogP contribution in [0.2, 0.25) is 0 Å². The molecule has 0 saturated carbocycles. The van der Waals surface area contributed by atoms with Gasteiger partial charge in [0.2, 0.25) is 5.89 Å². The Morgan fingerprint density at radius 2 is 2.00 bits per heavy atom. The molecule has 2 aromatic rings. The zero-order valence-electron chi connectivity index (χ0n) is 10.1. The van der Waals surface area contributed by atoms with Gasteiger partial charge in [-0.15, -0.1) is 10.2 Å². The topological polar surface area (TPSA) is 69.6 Å². The van der Waals surface area contributed by atoms with Crippen molar-refractivity contribution in [3.05, 3.63) is 17.5 Å². The molecule has 0 spiro atoms. The summed E-state index contributed by atoms with van der Waals surface area (Å²) < 4.78 is 43.0. The van der Waals surface area contributed by atoms with Gasteiger partial charge in [0.15, 0.2) is 0 Å². The number of thioether (sulfide) groups is 1. The van der Waals surface area contributed by atoms with Gasteiger partial charge in [-0.3, -0.25) is 0 Å². The minimum Gasteiger partial charge on any atom is -0.416 e. The van der Waals surface area contributed by atoms with Crippen LogP contribution in [-0.2, 0) is 12.3 Å². The Kier molecular flexibility index (Phi) is 3.78. The largest absolute Gasteiger partial charge is 0.416 e. The number of aryl methyl sites for hydroxylation is 2. The lowest BCUT2D eigenvalue weighted by atomic mass is 10.6. The predicted octanol–water partition coefficient (Wildman–Crippen LogP) is 2.13. The van der Waals surface area contributed by atoms with Gasteiger partial charge in [-0.25, -0.2) is 9.67 Å². The molecule has 0 N–H and O–H groups in total. The lowest BCUT2D eigenvalue weighted by Crippen LogP contribution is -2.20. The summed E-state index contributed by atoms with van der Waals surface area (Å²) in [4.78, 5) is 3.96.